The van der Waals surface area contributed by atoms with Crippen molar-refractivity contribution in [1.82, 2.24) is 14.5 Å². The van der Waals surface area contributed by atoms with Gasteiger partial charge < -0.3 is 9.47 Å². The van der Waals surface area contributed by atoms with Crippen molar-refractivity contribution >= 4 is 16.9 Å². The van der Waals surface area contributed by atoms with Crippen LogP contribution in [0.5, 0.6) is 0 Å². The molecule has 4 heteroatoms. The van der Waals surface area contributed by atoms with E-state index in [1.165, 1.54) is 0 Å². The molecule has 2 heterocycles. The fraction of sp³-hybridized carbons (Fsp3) is 0.529. The van der Waals surface area contributed by atoms with Crippen LogP contribution in [0.4, 0.5) is 0 Å². The lowest BCUT2D eigenvalue weighted by atomic mass is 9.99. The third-order valence-electron chi connectivity index (χ3n) is 4.48. The number of imidazole rings is 1. The molecule has 1 aromatic heterocycles. The van der Waals surface area contributed by atoms with E-state index in [0.717, 1.165) is 55.1 Å². The average molecular weight is 285 g/mol. The average Bonchev–Trinajstić information content (AvgIpc) is 2.86. The SMILES string of the molecule is CCc1nc2ccccc2n1CC(=O)N1CCC(C)CC1. The number of hydrogen-bond donors (Lipinski definition) is 0. The number of benzene rings is 1. The first-order valence-corrected chi connectivity index (χ1v) is 7.91. The summed E-state index contributed by atoms with van der Waals surface area (Å²) in [6.07, 6.45) is 3.09. The molecule has 21 heavy (non-hydrogen) atoms. The number of aryl methyl sites for hydroxylation is 1. The Labute approximate surface area is 125 Å². The van der Waals surface area contributed by atoms with Crippen molar-refractivity contribution in [1.29, 1.82) is 0 Å². The maximum atomic E-state index is 12.6. The van der Waals surface area contributed by atoms with Crippen LogP contribution in [-0.4, -0.2) is 33.4 Å². The molecule has 1 saturated heterocycles. The molecular formula is C17H23N3O. The van der Waals surface area contributed by atoms with E-state index < -0.39 is 0 Å². The zero-order valence-corrected chi connectivity index (χ0v) is 12.9. The van der Waals surface area contributed by atoms with Crippen molar-refractivity contribution in [3.05, 3.63) is 30.1 Å². The molecule has 1 amide bonds. The molecule has 2 aromatic rings. The van der Waals surface area contributed by atoms with E-state index in [1.54, 1.807) is 0 Å². The Kier molecular flexibility index (Phi) is 3.95. The van der Waals surface area contributed by atoms with E-state index in [1.807, 2.05) is 29.2 Å². The number of piperidine rings is 1. The molecule has 0 N–H and O–H groups in total. The van der Waals surface area contributed by atoms with Crippen molar-refractivity contribution in [2.45, 2.75) is 39.7 Å². The summed E-state index contributed by atoms with van der Waals surface area (Å²) in [5.74, 6) is 1.96. The summed E-state index contributed by atoms with van der Waals surface area (Å²) >= 11 is 0. The van der Waals surface area contributed by atoms with Crippen molar-refractivity contribution in [2.75, 3.05) is 13.1 Å². The Morgan fingerprint density at radius 1 is 1.29 bits per heavy atom. The largest absolute Gasteiger partial charge is 0.341 e. The minimum Gasteiger partial charge on any atom is -0.341 e. The minimum absolute atomic E-state index is 0.222. The van der Waals surface area contributed by atoms with Crippen LogP contribution in [-0.2, 0) is 17.8 Å². The summed E-state index contributed by atoms with van der Waals surface area (Å²) in [6, 6.07) is 8.06. The standard InChI is InChI=1S/C17H23N3O/c1-3-16-18-14-6-4-5-7-15(14)20(16)12-17(21)19-10-8-13(2)9-11-19/h4-7,13H,3,8-12H2,1-2H3. The molecule has 0 radical (unpaired) electrons. The normalized spacial score (nSPS) is 16.6. The fourth-order valence-electron chi connectivity index (χ4n) is 3.06. The Bertz CT molecular complexity index is 639. The molecule has 1 aromatic carbocycles. The summed E-state index contributed by atoms with van der Waals surface area (Å²) in [4.78, 5) is 19.2. The molecule has 0 spiro atoms. The van der Waals surface area contributed by atoms with E-state index >= 15 is 0 Å². The van der Waals surface area contributed by atoms with Crippen LogP contribution in [0.3, 0.4) is 0 Å². The lowest BCUT2D eigenvalue weighted by molar-refractivity contribution is -0.133. The number of hydrogen-bond acceptors (Lipinski definition) is 2. The molecule has 0 atom stereocenters. The molecule has 1 aliphatic heterocycles. The van der Waals surface area contributed by atoms with Gasteiger partial charge in [-0.2, -0.15) is 0 Å². The molecule has 1 fully saturated rings. The maximum Gasteiger partial charge on any atom is 0.242 e. The molecule has 112 valence electrons. The van der Waals surface area contributed by atoms with Gasteiger partial charge in [-0.25, -0.2) is 4.98 Å². The predicted molar refractivity (Wildman–Crippen MR) is 84.1 cm³/mol. The number of amides is 1. The van der Waals surface area contributed by atoms with Gasteiger partial charge in [0.15, 0.2) is 0 Å². The maximum absolute atomic E-state index is 12.6. The second-order valence-corrected chi connectivity index (χ2v) is 6.02. The highest BCUT2D eigenvalue weighted by Crippen LogP contribution is 2.19. The lowest BCUT2D eigenvalue weighted by Gasteiger charge is -2.30. The second kappa shape index (κ2) is 5.88. The number of carbonyl (C=O) groups excluding carboxylic acids is 1. The first kappa shape index (κ1) is 14.1. The highest BCUT2D eigenvalue weighted by molar-refractivity contribution is 5.81. The van der Waals surface area contributed by atoms with Gasteiger partial charge in [0.05, 0.1) is 11.0 Å². The van der Waals surface area contributed by atoms with Crippen LogP contribution in [0.15, 0.2) is 24.3 Å². The van der Waals surface area contributed by atoms with Crippen molar-refractivity contribution in [3.8, 4) is 0 Å². The minimum atomic E-state index is 0.222. The Morgan fingerprint density at radius 2 is 2.00 bits per heavy atom. The van der Waals surface area contributed by atoms with E-state index in [4.69, 9.17) is 0 Å². The molecule has 3 rings (SSSR count). The molecule has 4 nitrogen and oxygen atoms in total. The predicted octanol–water partition coefficient (Wildman–Crippen LogP) is 2.86. The second-order valence-electron chi connectivity index (χ2n) is 6.02. The van der Waals surface area contributed by atoms with Crippen LogP contribution in [0.25, 0.3) is 11.0 Å². The molecule has 0 bridgehead atoms. The fourth-order valence-corrected chi connectivity index (χ4v) is 3.06. The number of fused-ring (bicyclic) bond motifs is 1. The first-order valence-electron chi connectivity index (χ1n) is 7.91. The summed E-state index contributed by atoms with van der Waals surface area (Å²) in [5.41, 5.74) is 2.04. The Balaban J connectivity index is 1.82. The van der Waals surface area contributed by atoms with Crippen molar-refractivity contribution < 1.29 is 4.79 Å². The van der Waals surface area contributed by atoms with E-state index in [-0.39, 0.29) is 5.91 Å². The number of rotatable bonds is 3. The van der Waals surface area contributed by atoms with Gasteiger partial charge in [0.25, 0.3) is 0 Å². The van der Waals surface area contributed by atoms with Crippen molar-refractivity contribution in [3.63, 3.8) is 0 Å². The Morgan fingerprint density at radius 3 is 2.71 bits per heavy atom. The number of likely N-dealkylation sites (tertiary alicyclic amines) is 1. The van der Waals surface area contributed by atoms with Crippen LogP contribution >= 0.6 is 0 Å². The monoisotopic (exact) mass is 285 g/mol. The van der Waals surface area contributed by atoms with Gasteiger partial charge in [-0.1, -0.05) is 26.0 Å². The Hall–Kier alpha value is -1.84. The van der Waals surface area contributed by atoms with Gasteiger partial charge in [0, 0.05) is 19.5 Å². The number of aromatic nitrogens is 2. The van der Waals surface area contributed by atoms with Gasteiger partial charge in [-0.15, -0.1) is 0 Å². The summed E-state index contributed by atoms with van der Waals surface area (Å²) in [5, 5.41) is 0. The van der Waals surface area contributed by atoms with E-state index in [0.29, 0.717) is 6.54 Å². The number of carbonyl (C=O) groups is 1. The molecule has 0 saturated carbocycles. The van der Waals surface area contributed by atoms with Crippen LogP contribution in [0.1, 0.15) is 32.5 Å². The third kappa shape index (κ3) is 2.80. The highest BCUT2D eigenvalue weighted by Gasteiger charge is 2.21. The van der Waals surface area contributed by atoms with E-state index in [2.05, 4.69) is 23.4 Å². The van der Waals surface area contributed by atoms with Crippen LogP contribution < -0.4 is 0 Å². The summed E-state index contributed by atoms with van der Waals surface area (Å²) < 4.78 is 2.08. The summed E-state index contributed by atoms with van der Waals surface area (Å²) in [6.45, 7) is 6.56. The highest BCUT2D eigenvalue weighted by atomic mass is 16.2. The van der Waals surface area contributed by atoms with Crippen molar-refractivity contribution in [2.24, 2.45) is 5.92 Å². The van der Waals surface area contributed by atoms with Gasteiger partial charge in [0.1, 0.15) is 12.4 Å². The van der Waals surface area contributed by atoms with E-state index in [9.17, 15) is 4.79 Å². The van der Waals surface area contributed by atoms with Gasteiger partial charge in [-0.05, 0) is 30.9 Å². The van der Waals surface area contributed by atoms with Gasteiger partial charge in [-0.3, -0.25) is 4.79 Å². The van der Waals surface area contributed by atoms with Crippen LogP contribution in [0, 0.1) is 5.92 Å². The topological polar surface area (TPSA) is 38.1 Å². The quantitative estimate of drug-likeness (QED) is 0.869. The number of para-hydroxylation sites is 2. The molecular weight excluding hydrogens is 262 g/mol. The smallest absolute Gasteiger partial charge is 0.242 e. The summed E-state index contributed by atoms with van der Waals surface area (Å²) in [7, 11) is 0. The molecule has 0 unspecified atom stereocenters. The number of nitrogens with zero attached hydrogens (tertiary/aromatic N) is 3. The lowest BCUT2D eigenvalue weighted by Crippen LogP contribution is -2.39. The molecule has 0 aliphatic carbocycles. The zero-order chi connectivity index (χ0) is 14.8. The van der Waals surface area contributed by atoms with Gasteiger partial charge in [0.2, 0.25) is 5.91 Å². The molecule has 1 aliphatic rings. The van der Waals surface area contributed by atoms with Gasteiger partial charge >= 0.3 is 0 Å². The zero-order valence-electron chi connectivity index (χ0n) is 12.9. The third-order valence-corrected chi connectivity index (χ3v) is 4.48. The first-order chi connectivity index (χ1) is 10.2. The van der Waals surface area contributed by atoms with Crippen LogP contribution in [0.2, 0.25) is 0 Å².